The summed E-state index contributed by atoms with van der Waals surface area (Å²) in [4.78, 5) is 20.2. The van der Waals surface area contributed by atoms with E-state index >= 15 is 0 Å². The molecular weight excluding hydrogens is 309 g/mol. The number of anilines is 1. The van der Waals surface area contributed by atoms with Gasteiger partial charge in [-0.15, -0.1) is 0 Å². The monoisotopic (exact) mass is 325 g/mol. The third kappa shape index (κ3) is 3.75. The van der Waals surface area contributed by atoms with Gasteiger partial charge in [0, 0.05) is 31.5 Å². The highest BCUT2D eigenvalue weighted by Gasteiger charge is 2.09. The molecular formula is C17H16FN5O. The van der Waals surface area contributed by atoms with Crippen molar-refractivity contribution in [3.8, 4) is 5.82 Å². The van der Waals surface area contributed by atoms with Gasteiger partial charge in [-0.25, -0.2) is 14.4 Å². The number of rotatable bonds is 6. The van der Waals surface area contributed by atoms with E-state index in [1.165, 1.54) is 18.5 Å². The summed E-state index contributed by atoms with van der Waals surface area (Å²) in [7, 11) is 0. The maximum atomic E-state index is 13.5. The Morgan fingerprint density at radius 3 is 2.67 bits per heavy atom. The first-order valence-electron chi connectivity index (χ1n) is 7.46. The molecule has 0 atom stereocenters. The average Bonchev–Trinajstić information content (AvgIpc) is 3.14. The van der Waals surface area contributed by atoms with Crippen LogP contribution < -0.4 is 10.6 Å². The molecule has 0 fully saturated rings. The zero-order valence-corrected chi connectivity index (χ0v) is 12.8. The fourth-order valence-electron chi connectivity index (χ4n) is 2.18. The Morgan fingerprint density at radius 1 is 1.08 bits per heavy atom. The molecule has 0 aliphatic rings. The average molecular weight is 325 g/mol. The molecule has 1 amide bonds. The number of hydrogen-bond acceptors (Lipinski definition) is 4. The van der Waals surface area contributed by atoms with Crippen LogP contribution in [0.1, 0.15) is 10.4 Å². The van der Waals surface area contributed by atoms with Crippen LogP contribution in [0.25, 0.3) is 5.82 Å². The quantitative estimate of drug-likeness (QED) is 0.682. The number of hydrogen-bond donors (Lipinski definition) is 2. The van der Waals surface area contributed by atoms with E-state index in [0.717, 1.165) is 5.82 Å². The second kappa shape index (κ2) is 7.36. The van der Waals surface area contributed by atoms with Gasteiger partial charge in [0.15, 0.2) is 0 Å². The summed E-state index contributed by atoms with van der Waals surface area (Å²) < 4.78 is 15.4. The third-order valence-corrected chi connectivity index (χ3v) is 3.36. The van der Waals surface area contributed by atoms with Gasteiger partial charge in [0.25, 0.3) is 5.91 Å². The Labute approximate surface area is 138 Å². The molecule has 7 heteroatoms. The maximum Gasteiger partial charge on any atom is 0.254 e. The molecule has 0 aliphatic carbocycles. The van der Waals surface area contributed by atoms with Crippen molar-refractivity contribution in [1.82, 2.24) is 19.9 Å². The van der Waals surface area contributed by atoms with Crippen molar-refractivity contribution in [3.63, 3.8) is 0 Å². The molecule has 122 valence electrons. The number of aromatic nitrogens is 3. The van der Waals surface area contributed by atoms with Crippen LogP contribution in [-0.4, -0.2) is 33.5 Å². The van der Waals surface area contributed by atoms with Gasteiger partial charge in [0.05, 0.1) is 5.56 Å². The van der Waals surface area contributed by atoms with Crippen molar-refractivity contribution in [2.45, 2.75) is 0 Å². The molecule has 6 nitrogen and oxygen atoms in total. The van der Waals surface area contributed by atoms with Crippen LogP contribution in [0.4, 0.5) is 10.2 Å². The molecule has 0 aliphatic heterocycles. The van der Waals surface area contributed by atoms with Gasteiger partial charge in [-0.05, 0) is 24.3 Å². The van der Waals surface area contributed by atoms with Crippen LogP contribution in [-0.2, 0) is 0 Å². The lowest BCUT2D eigenvalue weighted by atomic mass is 10.2. The Kier molecular flexibility index (Phi) is 4.81. The Morgan fingerprint density at radius 2 is 1.88 bits per heavy atom. The predicted molar refractivity (Wildman–Crippen MR) is 88.6 cm³/mol. The fourth-order valence-corrected chi connectivity index (χ4v) is 2.18. The molecule has 24 heavy (non-hydrogen) atoms. The Hall–Kier alpha value is -3.22. The highest BCUT2D eigenvalue weighted by molar-refractivity contribution is 5.94. The van der Waals surface area contributed by atoms with E-state index in [4.69, 9.17) is 0 Å². The van der Waals surface area contributed by atoms with Crippen molar-refractivity contribution in [2.24, 2.45) is 0 Å². The second-order valence-electron chi connectivity index (χ2n) is 5.01. The Balaban J connectivity index is 1.51. The number of nitrogens with zero attached hydrogens (tertiary/aromatic N) is 3. The van der Waals surface area contributed by atoms with Gasteiger partial charge in [0.1, 0.15) is 23.8 Å². The maximum absolute atomic E-state index is 13.5. The van der Waals surface area contributed by atoms with E-state index in [2.05, 4.69) is 20.6 Å². The van der Waals surface area contributed by atoms with Crippen LogP contribution in [0.3, 0.4) is 0 Å². The zero-order chi connectivity index (χ0) is 16.8. The lowest BCUT2D eigenvalue weighted by Crippen LogP contribution is -2.29. The van der Waals surface area contributed by atoms with E-state index in [-0.39, 0.29) is 5.56 Å². The van der Waals surface area contributed by atoms with E-state index in [9.17, 15) is 9.18 Å². The van der Waals surface area contributed by atoms with Crippen LogP contribution in [0.2, 0.25) is 0 Å². The summed E-state index contributed by atoms with van der Waals surface area (Å²) in [5.41, 5.74) is 0.0365. The summed E-state index contributed by atoms with van der Waals surface area (Å²) >= 11 is 0. The molecule has 0 spiro atoms. The summed E-state index contributed by atoms with van der Waals surface area (Å²) in [5, 5.41) is 5.76. The molecule has 0 radical (unpaired) electrons. The van der Waals surface area contributed by atoms with E-state index in [1.807, 2.05) is 29.1 Å². The van der Waals surface area contributed by atoms with Crippen molar-refractivity contribution in [2.75, 3.05) is 18.4 Å². The SMILES string of the molecule is O=C(NCCNc1cc(-n2cccc2)ncn1)c1ccccc1F. The number of benzene rings is 1. The molecule has 0 unspecified atom stereocenters. The van der Waals surface area contributed by atoms with E-state index < -0.39 is 11.7 Å². The van der Waals surface area contributed by atoms with Crippen molar-refractivity contribution < 1.29 is 9.18 Å². The van der Waals surface area contributed by atoms with Crippen molar-refractivity contribution >= 4 is 11.7 Å². The van der Waals surface area contributed by atoms with Crippen LogP contribution in [0, 0.1) is 5.82 Å². The van der Waals surface area contributed by atoms with Gasteiger partial charge in [-0.3, -0.25) is 4.79 Å². The highest BCUT2D eigenvalue weighted by Crippen LogP contribution is 2.09. The first-order chi connectivity index (χ1) is 11.7. The predicted octanol–water partition coefficient (Wildman–Crippen LogP) is 2.25. The summed E-state index contributed by atoms with van der Waals surface area (Å²) in [6, 6.07) is 11.5. The Bertz CT molecular complexity index is 819. The standard InChI is InChI=1S/C17H16FN5O/c18-14-6-2-1-5-13(14)17(24)20-8-7-19-15-11-16(22-12-21-15)23-9-3-4-10-23/h1-6,9-12H,7-8H2,(H,20,24)(H,19,21,22). The number of carbonyl (C=O) groups is 1. The highest BCUT2D eigenvalue weighted by atomic mass is 19.1. The number of halogens is 1. The van der Waals surface area contributed by atoms with Crippen LogP contribution in [0.15, 0.2) is 61.2 Å². The normalized spacial score (nSPS) is 10.4. The molecule has 0 saturated carbocycles. The van der Waals surface area contributed by atoms with Gasteiger partial charge in [-0.1, -0.05) is 12.1 Å². The molecule has 2 heterocycles. The van der Waals surface area contributed by atoms with Gasteiger partial charge in [0.2, 0.25) is 0 Å². The summed E-state index contributed by atoms with van der Waals surface area (Å²) in [6.45, 7) is 0.804. The lowest BCUT2D eigenvalue weighted by Gasteiger charge is -2.09. The van der Waals surface area contributed by atoms with Gasteiger partial charge >= 0.3 is 0 Å². The topological polar surface area (TPSA) is 71.8 Å². The molecule has 1 aromatic carbocycles. The number of amides is 1. The van der Waals surface area contributed by atoms with E-state index in [0.29, 0.717) is 18.9 Å². The smallest absolute Gasteiger partial charge is 0.254 e. The molecule has 0 bridgehead atoms. The first-order valence-corrected chi connectivity index (χ1v) is 7.46. The summed E-state index contributed by atoms with van der Waals surface area (Å²) in [5.74, 6) is 0.419. The zero-order valence-electron chi connectivity index (χ0n) is 12.8. The minimum atomic E-state index is -0.532. The molecule has 3 rings (SSSR count). The van der Waals surface area contributed by atoms with Gasteiger partial charge in [-0.2, -0.15) is 0 Å². The second-order valence-corrected chi connectivity index (χ2v) is 5.01. The van der Waals surface area contributed by atoms with Gasteiger partial charge < -0.3 is 15.2 Å². The number of nitrogens with one attached hydrogen (secondary N) is 2. The molecule has 0 saturated heterocycles. The summed E-state index contributed by atoms with van der Waals surface area (Å²) in [6.07, 6.45) is 5.25. The third-order valence-electron chi connectivity index (χ3n) is 3.36. The van der Waals surface area contributed by atoms with E-state index in [1.54, 1.807) is 18.2 Å². The van der Waals surface area contributed by atoms with Crippen molar-refractivity contribution in [1.29, 1.82) is 0 Å². The largest absolute Gasteiger partial charge is 0.368 e. The molecule has 2 N–H and O–H groups in total. The fraction of sp³-hybridized carbons (Fsp3) is 0.118. The lowest BCUT2D eigenvalue weighted by molar-refractivity contribution is 0.0951. The minimum absolute atomic E-state index is 0.0365. The van der Waals surface area contributed by atoms with Crippen LogP contribution >= 0.6 is 0 Å². The van der Waals surface area contributed by atoms with Crippen molar-refractivity contribution in [3.05, 3.63) is 72.6 Å². The first kappa shape index (κ1) is 15.7. The molecule has 2 aromatic heterocycles. The van der Waals surface area contributed by atoms with Crippen LogP contribution in [0.5, 0.6) is 0 Å². The minimum Gasteiger partial charge on any atom is -0.368 e. The number of carbonyl (C=O) groups excluding carboxylic acids is 1. The molecule has 3 aromatic rings.